The highest BCUT2D eigenvalue weighted by molar-refractivity contribution is 5.79. The van der Waals surface area contributed by atoms with Crippen LogP contribution in [0.1, 0.15) is 27.7 Å². The highest BCUT2D eigenvalue weighted by Crippen LogP contribution is 2.19. The Morgan fingerprint density at radius 3 is 2.29 bits per heavy atom. The van der Waals surface area contributed by atoms with E-state index in [2.05, 4.69) is 26.1 Å². The first kappa shape index (κ1) is 11.5. The highest BCUT2D eigenvalue weighted by atomic mass is 16.2. The molecule has 3 heteroatoms. The first-order valence-corrected chi connectivity index (χ1v) is 5.59. The van der Waals surface area contributed by atoms with Crippen molar-refractivity contribution in [3.63, 3.8) is 0 Å². The topological polar surface area (TPSA) is 32.3 Å². The third-order valence-corrected chi connectivity index (χ3v) is 3.16. The van der Waals surface area contributed by atoms with Gasteiger partial charge in [-0.1, -0.05) is 6.92 Å². The Balaban J connectivity index is 2.52. The molecule has 3 nitrogen and oxygen atoms in total. The molecule has 1 fully saturated rings. The second-order valence-electron chi connectivity index (χ2n) is 4.43. The van der Waals surface area contributed by atoms with Gasteiger partial charge < -0.3 is 10.2 Å². The van der Waals surface area contributed by atoms with Crippen LogP contribution in [-0.4, -0.2) is 36.5 Å². The highest BCUT2D eigenvalue weighted by Gasteiger charge is 2.31. The summed E-state index contributed by atoms with van der Waals surface area (Å²) in [6.45, 7) is 11.1. The van der Waals surface area contributed by atoms with Crippen molar-refractivity contribution < 1.29 is 4.79 Å². The van der Waals surface area contributed by atoms with Gasteiger partial charge in [-0.3, -0.25) is 4.79 Å². The summed E-state index contributed by atoms with van der Waals surface area (Å²) in [5.74, 6) is 1.04. The first-order chi connectivity index (χ1) is 6.57. The molecule has 0 aliphatic carbocycles. The van der Waals surface area contributed by atoms with Gasteiger partial charge in [0.15, 0.2) is 0 Å². The van der Waals surface area contributed by atoms with E-state index in [4.69, 9.17) is 0 Å². The summed E-state index contributed by atoms with van der Waals surface area (Å²) in [6, 6.07) is 0.322. The smallest absolute Gasteiger partial charge is 0.225 e. The average Bonchev–Trinajstić information content (AvgIpc) is 2.01. The summed E-state index contributed by atoms with van der Waals surface area (Å²) in [7, 11) is 0. The number of carbonyl (C=O) groups is 1. The van der Waals surface area contributed by atoms with Gasteiger partial charge in [0.1, 0.15) is 0 Å². The van der Waals surface area contributed by atoms with Crippen LogP contribution >= 0.6 is 0 Å². The maximum atomic E-state index is 12.0. The predicted octanol–water partition coefficient (Wildman–Crippen LogP) is 1.10. The molecule has 0 spiro atoms. The molecule has 1 heterocycles. The van der Waals surface area contributed by atoms with E-state index in [9.17, 15) is 4.79 Å². The fraction of sp³-hybridized carbons (Fsp3) is 0.909. The van der Waals surface area contributed by atoms with Gasteiger partial charge in [-0.2, -0.15) is 0 Å². The lowest BCUT2D eigenvalue weighted by molar-refractivity contribution is -0.138. The molecule has 1 saturated heterocycles. The van der Waals surface area contributed by atoms with Crippen LogP contribution in [0, 0.1) is 11.8 Å². The van der Waals surface area contributed by atoms with E-state index in [0.717, 1.165) is 19.6 Å². The van der Waals surface area contributed by atoms with Crippen molar-refractivity contribution in [3.05, 3.63) is 0 Å². The van der Waals surface area contributed by atoms with E-state index in [-0.39, 0.29) is 5.92 Å². The normalized spacial score (nSPS) is 19.2. The molecule has 0 aromatic heterocycles. The minimum Gasteiger partial charge on any atom is -0.340 e. The van der Waals surface area contributed by atoms with Crippen LogP contribution in [0.25, 0.3) is 0 Å². The van der Waals surface area contributed by atoms with E-state index in [1.807, 2.05) is 11.8 Å². The monoisotopic (exact) mass is 198 g/mol. The van der Waals surface area contributed by atoms with Crippen molar-refractivity contribution in [3.8, 4) is 0 Å². The lowest BCUT2D eigenvalue weighted by Crippen LogP contribution is -2.51. The number of hydrogen-bond donors (Lipinski definition) is 1. The van der Waals surface area contributed by atoms with Crippen LogP contribution in [0.3, 0.4) is 0 Å². The molecule has 1 N–H and O–H groups in total. The molecule has 0 saturated carbocycles. The van der Waals surface area contributed by atoms with Crippen LogP contribution < -0.4 is 5.32 Å². The predicted molar refractivity (Wildman–Crippen MR) is 58.0 cm³/mol. The van der Waals surface area contributed by atoms with Crippen molar-refractivity contribution in [2.45, 2.75) is 33.7 Å². The minimum atomic E-state index is 0.179. The van der Waals surface area contributed by atoms with Gasteiger partial charge >= 0.3 is 0 Å². The number of carbonyl (C=O) groups excluding carboxylic acids is 1. The zero-order chi connectivity index (χ0) is 10.7. The zero-order valence-electron chi connectivity index (χ0n) is 9.71. The molecule has 0 bridgehead atoms. The Morgan fingerprint density at radius 1 is 1.43 bits per heavy atom. The third-order valence-electron chi connectivity index (χ3n) is 3.16. The molecule has 0 aromatic rings. The van der Waals surface area contributed by atoms with Crippen molar-refractivity contribution in [1.29, 1.82) is 0 Å². The Hall–Kier alpha value is -0.570. The minimum absolute atomic E-state index is 0.179. The number of nitrogens with zero attached hydrogens (tertiary/aromatic N) is 1. The van der Waals surface area contributed by atoms with Gasteiger partial charge in [0, 0.05) is 18.5 Å². The molecule has 1 rings (SSSR count). The zero-order valence-corrected chi connectivity index (χ0v) is 9.71. The van der Waals surface area contributed by atoms with Crippen LogP contribution in [0.4, 0.5) is 0 Å². The number of amides is 1. The first-order valence-electron chi connectivity index (χ1n) is 5.59. The maximum absolute atomic E-state index is 12.0. The third kappa shape index (κ3) is 2.27. The summed E-state index contributed by atoms with van der Waals surface area (Å²) < 4.78 is 0. The number of rotatable bonds is 4. The Morgan fingerprint density at radius 2 is 2.00 bits per heavy atom. The lowest BCUT2D eigenvalue weighted by atomic mass is 9.87. The summed E-state index contributed by atoms with van der Waals surface area (Å²) in [4.78, 5) is 14.0. The largest absolute Gasteiger partial charge is 0.340 e. The lowest BCUT2D eigenvalue weighted by Gasteiger charge is -2.36. The quantitative estimate of drug-likeness (QED) is 0.733. The molecule has 1 unspecified atom stereocenters. The van der Waals surface area contributed by atoms with Crippen molar-refractivity contribution in [1.82, 2.24) is 10.2 Å². The van der Waals surface area contributed by atoms with Gasteiger partial charge in [0.05, 0.1) is 0 Å². The molecule has 14 heavy (non-hydrogen) atoms. The van der Waals surface area contributed by atoms with E-state index in [0.29, 0.717) is 17.9 Å². The van der Waals surface area contributed by atoms with Gasteiger partial charge in [-0.15, -0.1) is 0 Å². The van der Waals surface area contributed by atoms with Gasteiger partial charge in [-0.25, -0.2) is 0 Å². The molecule has 1 aliphatic heterocycles. The maximum Gasteiger partial charge on any atom is 0.225 e. The SMILES string of the molecule is CCN(C(=O)C(C)C1CNC1)C(C)C. The summed E-state index contributed by atoms with van der Waals surface area (Å²) in [5.41, 5.74) is 0. The van der Waals surface area contributed by atoms with Crippen molar-refractivity contribution in [2.24, 2.45) is 11.8 Å². The van der Waals surface area contributed by atoms with Crippen LogP contribution in [0.2, 0.25) is 0 Å². The van der Waals surface area contributed by atoms with Gasteiger partial charge in [0.2, 0.25) is 5.91 Å². The average molecular weight is 198 g/mol. The second-order valence-corrected chi connectivity index (χ2v) is 4.43. The summed E-state index contributed by atoms with van der Waals surface area (Å²) in [6.07, 6.45) is 0. The molecule has 1 atom stereocenters. The Bertz CT molecular complexity index is 199. The fourth-order valence-electron chi connectivity index (χ4n) is 1.90. The standard InChI is InChI=1S/C11H22N2O/c1-5-13(8(2)3)11(14)9(4)10-6-12-7-10/h8-10,12H,5-7H2,1-4H3. The fourth-order valence-corrected chi connectivity index (χ4v) is 1.90. The van der Waals surface area contributed by atoms with Crippen molar-refractivity contribution >= 4 is 5.91 Å². The molecular weight excluding hydrogens is 176 g/mol. The number of hydrogen-bond acceptors (Lipinski definition) is 2. The van der Waals surface area contributed by atoms with Crippen molar-refractivity contribution in [2.75, 3.05) is 19.6 Å². The molecule has 1 aliphatic rings. The molecule has 0 aromatic carbocycles. The van der Waals surface area contributed by atoms with Gasteiger partial charge in [-0.05, 0) is 39.8 Å². The van der Waals surface area contributed by atoms with E-state index in [1.54, 1.807) is 0 Å². The Kier molecular flexibility index (Phi) is 3.93. The molecular formula is C11H22N2O. The van der Waals surface area contributed by atoms with E-state index < -0.39 is 0 Å². The van der Waals surface area contributed by atoms with Crippen LogP contribution in [0.15, 0.2) is 0 Å². The molecule has 1 amide bonds. The summed E-state index contributed by atoms with van der Waals surface area (Å²) >= 11 is 0. The van der Waals surface area contributed by atoms with E-state index >= 15 is 0 Å². The van der Waals surface area contributed by atoms with Crippen LogP contribution in [-0.2, 0) is 4.79 Å². The Labute approximate surface area is 86.9 Å². The second kappa shape index (κ2) is 4.78. The number of nitrogens with one attached hydrogen (secondary N) is 1. The van der Waals surface area contributed by atoms with E-state index in [1.165, 1.54) is 0 Å². The van der Waals surface area contributed by atoms with Crippen LogP contribution in [0.5, 0.6) is 0 Å². The summed E-state index contributed by atoms with van der Waals surface area (Å²) in [5, 5.41) is 3.21. The molecule has 0 radical (unpaired) electrons. The van der Waals surface area contributed by atoms with Gasteiger partial charge in [0.25, 0.3) is 0 Å². The molecule has 82 valence electrons.